The van der Waals surface area contributed by atoms with Gasteiger partial charge in [-0.1, -0.05) is 54.6 Å². The highest BCUT2D eigenvalue weighted by atomic mass is 16.5. The number of nitrogens with one attached hydrogen (secondary N) is 2. The molecule has 3 aromatic rings. The molecular weight excluding hydrogens is 542 g/mol. The van der Waals surface area contributed by atoms with Gasteiger partial charge >= 0.3 is 0 Å². The van der Waals surface area contributed by atoms with E-state index in [1.807, 2.05) is 41.3 Å². The van der Waals surface area contributed by atoms with Crippen molar-refractivity contribution in [1.29, 1.82) is 0 Å². The average Bonchev–Trinajstić information content (AvgIpc) is 3.87. The second-order valence-corrected chi connectivity index (χ2v) is 11.5. The summed E-state index contributed by atoms with van der Waals surface area (Å²) in [5.74, 6) is 0.903. The topological polar surface area (TPSA) is 89.1 Å². The molecule has 0 radical (unpaired) electrons. The van der Waals surface area contributed by atoms with Crippen molar-refractivity contribution < 1.29 is 23.8 Å². The zero-order chi connectivity index (χ0) is 30.2. The van der Waals surface area contributed by atoms with Gasteiger partial charge in [0, 0.05) is 70.8 Å². The summed E-state index contributed by atoms with van der Waals surface area (Å²) >= 11 is 0. The molecule has 0 spiro atoms. The zero-order valence-corrected chi connectivity index (χ0v) is 25.4. The second kappa shape index (κ2) is 14.5. The number of benzene rings is 3. The Balaban J connectivity index is 1.43. The van der Waals surface area contributed by atoms with Crippen LogP contribution in [-0.4, -0.2) is 69.3 Å². The van der Waals surface area contributed by atoms with Gasteiger partial charge in [-0.05, 0) is 47.2 Å². The van der Waals surface area contributed by atoms with E-state index in [4.69, 9.17) is 14.2 Å². The Bertz CT molecular complexity index is 1380. The first kappa shape index (κ1) is 30.6. The predicted molar refractivity (Wildman–Crippen MR) is 167 cm³/mol. The quantitative estimate of drug-likeness (QED) is 0.281. The van der Waals surface area contributed by atoms with Crippen LogP contribution in [0.15, 0.2) is 72.8 Å². The molecule has 2 fully saturated rings. The number of methoxy groups -OCH3 is 2. The van der Waals surface area contributed by atoms with E-state index in [1.165, 1.54) is 6.92 Å². The molecule has 8 heteroatoms. The van der Waals surface area contributed by atoms with E-state index >= 15 is 0 Å². The molecule has 1 unspecified atom stereocenters. The van der Waals surface area contributed by atoms with Crippen LogP contribution in [-0.2, 0) is 20.9 Å². The lowest BCUT2D eigenvalue weighted by Crippen LogP contribution is -2.57. The summed E-state index contributed by atoms with van der Waals surface area (Å²) in [6, 6.07) is 24.5. The van der Waals surface area contributed by atoms with Gasteiger partial charge in [0.15, 0.2) is 0 Å². The van der Waals surface area contributed by atoms with Crippen molar-refractivity contribution in [2.75, 3.05) is 40.5 Å². The summed E-state index contributed by atoms with van der Waals surface area (Å²) < 4.78 is 16.7. The summed E-state index contributed by atoms with van der Waals surface area (Å²) in [5, 5.41) is 6.59. The standard InChI is InChI=1S/C35H43N3O5/c1-24(39)37-33-22-36-21-32(34(33)28-12-7-11-27(19-28)26-9-5-4-6-10-26)35(40)38(29-13-14-29)23-25-17-30(42-3)20-31(18-25)43-16-8-15-41-2/h4-7,9-12,17-20,29,32-34,36H,8,13-16,21-23H2,1-3H3,(H,37,39)/t32?,33-,34-/m1/s1. The Morgan fingerprint density at radius 1 is 0.907 bits per heavy atom. The number of carbonyl (C=O) groups is 2. The molecule has 2 N–H and O–H groups in total. The number of nitrogens with zero attached hydrogens (tertiary/aromatic N) is 1. The fourth-order valence-electron chi connectivity index (χ4n) is 6.09. The molecule has 1 heterocycles. The van der Waals surface area contributed by atoms with E-state index in [0.29, 0.717) is 44.3 Å². The van der Waals surface area contributed by atoms with Crippen molar-refractivity contribution in [2.45, 2.75) is 50.7 Å². The SMILES string of the molecule is COCCCOc1cc(CN(C(=O)C2CNC[C@@H](NC(C)=O)[C@@H]2c2cccc(-c3ccccc3)c2)C2CC2)cc(OC)c1. The largest absolute Gasteiger partial charge is 0.497 e. The molecular formula is C35H43N3O5. The molecule has 43 heavy (non-hydrogen) atoms. The van der Waals surface area contributed by atoms with Crippen molar-refractivity contribution in [3.05, 3.63) is 83.9 Å². The van der Waals surface area contributed by atoms with Gasteiger partial charge in [-0.25, -0.2) is 0 Å². The normalized spacial score (nSPS) is 19.8. The Morgan fingerprint density at radius 2 is 1.67 bits per heavy atom. The Morgan fingerprint density at radius 3 is 2.40 bits per heavy atom. The third-order valence-corrected chi connectivity index (χ3v) is 8.24. The Labute approximate surface area is 254 Å². The van der Waals surface area contributed by atoms with E-state index in [9.17, 15) is 9.59 Å². The molecule has 1 aliphatic carbocycles. The van der Waals surface area contributed by atoms with Crippen LogP contribution in [0.2, 0.25) is 0 Å². The summed E-state index contributed by atoms with van der Waals surface area (Å²) in [5.41, 5.74) is 4.24. The summed E-state index contributed by atoms with van der Waals surface area (Å²) in [6.07, 6.45) is 2.76. The number of amides is 2. The smallest absolute Gasteiger partial charge is 0.228 e. The van der Waals surface area contributed by atoms with Gasteiger partial charge in [0.05, 0.1) is 19.6 Å². The maximum Gasteiger partial charge on any atom is 0.228 e. The van der Waals surface area contributed by atoms with Crippen molar-refractivity contribution in [2.24, 2.45) is 5.92 Å². The third kappa shape index (κ3) is 7.94. The lowest BCUT2D eigenvalue weighted by atomic mass is 9.76. The lowest BCUT2D eigenvalue weighted by Gasteiger charge is -2.41. The molecule has 2 aliphatic rings. The van der Waals surface area contributed by atoms with Crippen LogP contribution in [0, 0.1) is 5.92 Å². The van der Waals surface area contributed by atoms with Gasteiger partial charge in [-0.3, -0.25) is 9.59 Å². The minimum atomic E-state index is -0.340. The monoisotopic (exact) mass is 585 g/mol. The Kier molecular flexibility index (Phi) is 10.3. The van der Waals surface area contributed by atoms with E-state index in [2.05, 4.69) is 47.0 Å². The van der Waals surface area contributed by atoms with Crippen LogP contribution in [0.25, 0.3) is 11.1 Å². The van der Waals surface area contributed by atoms with Crippen LogP contribution >= 0.6 is 0 Å². The molecule has 0 bridgehead atoms. The van der Waals surface area contributed by atoms with Crippen molar-refractivity contribution in [3.8, 4) is 22.6 Å². The van der Waals surface area contributed by atoms with Gasteiger partial charge in [-0.2, -0.15) is 0 Å². The van der Waals surface area contributed by atoms with E-state index in [-0.39, 0.29) is 35.7 Å². The predicted octanol–water partition coefficient (Wildman–Crippen LogP) is 4.78. The minimum Gasteiger partial charge on any atom is -0.497 e. The highest BCUT2D eigenvalue weighted by Crippen LogP contribution is 2.38. The van der Waals surface area contributed by atoms with Gasteiger partial charge in [0.1, 0.15) is 11.5 Å². The van der Waals surface area contributed by atoms with Crippen molar-refractivity contribution in [3.63, 3.8) is 0 Å². The molecule has 3 atom stereocenters. The molecule has 2 amide bonds. The van der Waals surface area contributed by atoms with Crippen molar-refractivity contribution >= 4 is 11.8 Å². The highest BCUT2D eigenvalue weighted by Gasteiger charge is 2.44. The van der Waals surface area contributed by atoms with Gasteiger partial charge in [0.2, 0.25) is 11.8 Å². The zero-order valence-electron chi connectivity index (χ0n) is 25.4. The molecule has 5 rings (SSSR count). The lowest BCUT2D eigenvalue weighted by molar-refractivity contribution is -0.139. The summed E-state index contributed by atoms with van der Waals surface area (Å²) in [4.78, 5) is 28.8. The van der Waals surface area contributed by atoms with Crippen LogP contribution in [0.5, 0.6) is 11.5 Å². The minimum absolute atomic E-state index is 0.0995. The van der Waals surface area contributed by atoms with Gasteiger partial charge < -0.3 is 29.7 Å². The summed E-state index contributed by atoms with van der Waals surface area (Å²) in [7, 11) is 3.32. The Hall–Kier alpha value is -3.88. The van der Waals surface area contributed by atoms with Gasteiger partial charge in [-0.15, -0.1) is 0 Å². The van der Waals surface area contributed by atoms with Crippen LogP contribution in [0.4, 0.5) is 0 Å². The molecule has 1 saturated carbocycles. The molecule has 0 aromatic heterocycles. The molecule has 8 nitrogen and oxygen atoms in total. The van der Waals surface area contributed by atoms with E-state index < -0.39 is 0 Å². The molecule has 1 aliphatic heterocycles. The summed E-state index contributed by atoms with van der Waals surface area (Å²) in [6.45, 7) is 4.32. The fourth-order valence-corrected chi connectivity index (χ4v) is 6.09. The van der Waals surface area contributed by atoms with Gasteiger partial charge in [0.25, 0.3) is 0 Å². The highest BCUT2D eigenvalue weighted by molar-refractivity contribution is 5.82. The van der Waals surface area contributed by atoms with Crippen LogP contribution in [0.1, 0.15) is 43.2 Å². The fraction of sp³-hybridized carbons (Fsp3) is 0.429. The maximum absolute atomic E-state index is 14.5. The van der Waals surface area contributed by atoms with Crippen LogP contribution < -0.4 is 20.1 Å². The number of hydrogen-bond donors (Lipinski definition) is 2. The number of piperidine rings is 1. The number of carbonyl (C=O) groups excluding carboxylic acids is 2. The van der Waals surface area contributed by atoms with E-state index in [1.54, 1.807) is 14.2 Å². The molecule has 3 aromatic carbocycles. The first-order valence-corrected chi connectivity index (χ1v) is 15.2. The first-order chi connectivity index (χ1) is 21.0. The van der Waals surface area contributed by atoms with Crippen LogP contribution in [0.3, 0.4) is 0 Å². The molecule has 228 valence electrons. The first-order valence-electron chi connectivity index (χ1n) is 15.2. The third-order valence-electron chi connectivity index (χ3n) is 8.24. The maximum atomic E-state index is 14.5. The average molecular weight is 586 g/mol. The van der Waals surface area contributed by atoms with Crippen molar-refractivity contribution in [1.82, 2.24) is 15.5 Å². The second-order valence-electron chi connectivity index (χ2n) is 11.5. The number of rotatable bonds is 13. The number of hydrogen-bond acceptors (Lipinski definition) is 6. The van der Waals surface area contributed by atoms with E-state index in [0.717, 1.165) is 41.5 Å². The molecule has 1 saturated heterocycles. The number of ether oxygens (including phenoxy) is 3.